The maximum atomic E-state index is 13.6. The maximum Gasteiger partial charge on any atom is 0.264 e. The van der Waals surface area contributed by atoms with Crippen LogP contribution in [0.3, 0.4) is 0 Å². The van der Waals surface area contributed by atoms with E-state index in [1.54, 1.807) is 49.4 Å². The van der Waals surface area contributed by atoms with Gasteiger partial charge >= 0.3 is 0 Å². The number of hydrogen-bond donors (Lipinski definition) is 1. The number of aryl methyl sites for hydroxylation is 1. The Morgan fingerprint density at radius 3 is 2.38 bits per heavy atom. The van der Waals surface area contributed by atoms with Gasteiger partial charge in [0.25, 0.3) is 15.9 Å². The van der Waals surface area contributed by atoms with E-state index in [0.29, 0.717) is 17.4 Å². The highest BCUT2D eigenvalue weighted by atomic mass is 35.5. The molecule has 0 radical (unpaired) electrons. The zero-order valence-electron chi connectivity index (χ0n) is 21.8. The van der Waals surface area contributed by atoms with Crippen LogP contribution >= 0.6 is 11.6 Å². The van der Waals surface area contributed by atoms with E-state index in [1.165, 1.54) is 18.3 Å². The average Bonchev–Trinajstić information content (AvgIpc) is 3.21. The molecule has 4 aromatic rings. The first-order valence-electron chi connectivity index (χ1n) is 12.3. The first kappa shape index (κ1) is 27.9. The highest BCUT2D eigenvalue weighted by Gasteiger charge is 2.29. The van der Waals surface area contributed by atoms with Gasteiger partial charge in [0.2, 0.25) is 0 Å². The van der Waals surface area contributed by atoms with Crippen LogP contribution in [0.1, 0.15) is 23.9 Å². The smallest absolute Gasteiger partial charge is 0.264 e. The third-order valence-corrected chi connectivity index (χ3v) is 8.03. The van der Waals surface area contributed by atoms with E-state index < -0.39 is 22.5 Å². The van der Waals surface area contributed by atoms with Crippen molar-refractivity contribution in [3.8, 4) is 11.4 Å². The fourth-order valence-electron chi connectivity index (χ4n) is 4.21. The lowest BCUT2D eigenvalue weighted by atomic mass is 10.2. The number of para-hydroxylation sites is 2. The molecule has 0 saturated heterocycles. The minimum Gasteiger partial charge on any atom is -0.492 e. The van der Waals surface area contributed by atoms with E-state index in [4.69, 9.17) is 16.3 Å². The van der Waals surface area contributed by atoms with Gasteiger partial charge in [-0.25, -0.2) is 13.8 Å². The van der Waals surface area contributed by atoms with Gasteiger partial charge in [0.05, 0.1) is 23.4 Å². The second-order valence-corrected chi connectivity index (χ2v) is 11.0. The molecule has 1 heterocycles. The van der Waals surface area contributed by atoms with E-state index >= 15 is 0 Å². The molecule has 0 fully saturated rings. The molecule has 1 aromatic heterocycles. The largest absolute Gasteiger partial charge is 0.492 e. The van der Waals surface area contributed by atoms with Crippen LogP contribution in [0.2, 0.25) is 5.02 Å². The molecule has 1 amide bonds. The Kier molecular flexibility index (Phi) is 8.73. The monoisotopic (exact) mass is 564 g/mol. The molecule has 0 aliphatic rings. The molecule has 39 heavy (non-hydrogen) atoms. The SMILES string of the molecule is CCOc1ccccc1N(CC(=O)N/N=C\c1cc(C)n(-c2ccc(Cl)cc2)c1C)S(=O)(=O)c1ccccc1. The number of sulfonamides is 1. The Labute approximate surface area is 233 Å². The van der Waals surface area contributed by atoms with Gasteiger partial charge < -0.3 is 9.30 Å². The van der Waals surface area contributed by atoms with Gasteiger partial charge in [0.15, 0.2) is 0 Å². The molecule has 0 atom stereocenters. The first-order valence-corrected chi connectivity index (χ1v) is 14.1. The van der Waals surface area contributed by atoms with Gasteiger partial charge in [-0.2, -0.15) is 5.10 Å². The molecule has 202 valence electrons. The summed E-state index contributed by atoms with van der Waals surface area (Å²) in [7, 11) is -4.08. The van der Waals surface area contributed by atoms with Crippen molar-refractivity contribution in [3.63, 3.8) is 0 Å². The van der Waals surface area contributed by atoms with Crippen LogP contribution < -0.4 is 14.5 Å². The first-order chi connectivity index (χ1) is 18.7. The van der Waals surface area contributed by atoms with Crippen LogP contribution in [0, 0.1) is 13.8 Å². The van der Waals surface area contributed by atoms with Crippen molar-refractivity contribution in [1.29, 1.82) is 0 Å². The summed E-state index contributed by atoms with van der Waals surface area (Å²) in [6.07, 6.45) is 1.54. The van der Waals surface area contributed by atoms with Crippen LogP contribution in [0.5, 0.6) is 5.75 Å². The van der Waals surface area contributed by atoms with Crippen LogP contribution in [0.4, 0.5) is 5.69 Å². The molecular weight excluding hydrogens is 536 g/mol. The molecule has 4 rings (SSSR count). The molecular formula is C29H29ClN4O4S. The number of anilines is 1. The summed E-state index contributed by atoms with van der Waals surface area (Å²) in [6, 6.07) is 24.1. The molecule has 0 spiro atoms. The summed E-state index contributed by atoms with van der Waals surface area (Å²) in [5.74, 6) is -0.256. The number of amides is 1. The van der Waals surface area contributed by atoms with Crippen molar-refractivity contribution in [2.45, 2.75) is 25.7 Å². The van der Waals surface area contributed by atoms with Gasteiger partial charge in [-0.1, -0.05) is 41.9 Å². The van der Waals surface area contributed by atoms with E-state index in [9.17, 15) is 13.2 Å². The van der Waals surface area contributed by atoms with Gasteiger partial charge in [-0.15, -0.1) is 0 Å². The van der Waals surface area contributed by atoms with Gasteiger partial charge in [0.1, 0.15) is 12.3 Å². The molecule has 0 bridgehead atoms. The number of halogens is 1. The van der Waals surface area contributed by atoms with Crippen LogP contribution in [0.15, 0.2) is 94.9 Å². The number of hydrazone groups is 1. The topological polar surface area (TPSA) is 93.0 Å². The minimum absolute atomic E-state index is 0.0576. The number of hydrogen-bond acceptors (Lipinski definition) is 5. The standard InChI is InChI=1S/C29H29ClN4O4S/c1-4-38-28-13-9-8-12-27(28)33(39(36,37)26-10-6-5-7-11-26)20-29(35)32-31-19-23-18-21(2)34(22(23)3)25-16-14-24(30)15-17-25/h5-19H,4,20H2,1-3H3,(H,32,35)/b31-19-. The molecule has 10 heteroatoms. The normalized spacial score (nSPS) is 11.5. The lowest BCUT2D eigenvalue weighted by Crippen LogP contribution is -2.39. The number of nitrogens with zero attached hydrogens (tertiary/aromatic N) is 3. The molecule has 0 aliphatic carbocycles. The Morgan fingerprint density at radius 1 is 1.03 bits per heavy atom. The fraction of sp³-hybridized carbons (Fsp3) is 0.172. The Balaban J connectivity index is 1.57. The predicted octanol–water partition coefficient (Wildman–Crippen LogP) is 5.49. The zero-order chi connectivity index (χ0) is 28.0. The molecule has 8 nitrogen and oxygen atoms in total. The van der Waals surface area contributed by atoms with E-state index in [1.807, 2.05) is 44.2 Å². The number of aromatic nitrogens is 1. The third-order valence-electron chi connectivity index (χ3n) is 6.00. The van der Waals surface area contributed by atoms with Crippen LogP contribution in [-0.4, -0.2) is 38.3 Å². The Morgan fingerprint density at radius 2 is 1.69 bits per heavy atom. The van der Waals surface area contributed by atoms with Crippen molar-refractivity contribution < 1.29 is 17.9 Å². The van der Waals surface area contributed by atoms with Crippen LogP contribution in [0.25, 0.3) is 5.69 Å². The maximum absolute atomic E-state index is 13.6. The quantitative estimate of drug-likeness (QED) is 0.203. The van der Waals surface area contributed by atoms with Crippen LogP contribution in [-0.2, 0) is 14.8 Å². The number of benzene rings is 3. The fourth-order valence-corrected chi connectivity index (χ4v) is 5.78. The number of nitrogens with one attached hydrogen (secondary N) is 1. The highest BCUT2D eigenvalue weighted by Crippen LogP contribution is 2.32. The van der Waals surface area contributed by atoms with Crippen molar-refractivity contribution in [2.24, 2.45) is 5.10 Å². The lowest BCUT2D eigenvalue weighted by Gasteiger charge is -2.25. The number of rotatable bonds is 10. The summed E-state index contributed by atoms with van der Waals surface area (Å²) < 4.78 is 36.0. The summed E-state index contributed by atoms with van der Waals surface area (Å²) in [6.45, 7) is 5.56. The molecule has 1 N–H and O–H groups in total. The molecule has 0 unspecified atom stereocenters. The zero-order valence-corrected chi connectivity index (χ0v) is 23.4. The number of carbonyl (C=O) groups excluding carboxylic acids is 1. The number of ether oxygens (including phenoxy) is 1. The Bertz CT molecular complexity index is 1580. The van der Waals surface area contributed by atoms with Crippen molar-refractivity contribution in [3.05, 3.63) is 107 Å². The summed E-state index contributed by atoms with van der Waals surface area (Å²) in [5.41, 5.74) is 6.38. The molecule has 3 aromatic carbocycles. The van der Waals surface area contributed by atoms with Gasteiger partial charge in [-0.3, -0.25) is 9.10 Å². The lowest BCUT2D eigenvalue weighted by molar-refractivity contribution is -0.119. The van der Waals surface area contributed by atoms with E-state index in [-0.39, 0.29) is 10.6 Å². The second kappa shape index (κ2) is 12.2. The van der Waals surface area contributed by atoms with Gasteiger partial charge in [-0.05, 0) is 75.4 Å². The average molecular weight is 565 g/mol. The third kappa shape index (κ3) is 6.32. The summed E-state index contributed by atoms with van der Waals surface area (Å²) in [4.78, 5) is 13.0. The van der Waals surface area contributed by atoms with E-state index in [2.05, 4.69) is 15.1 Å². The molecule has 0 saturated carbocycles. The Hall–Kier alpha value is -4.08. The van der Waals surface area contributed by atoms with Gasteiger partial charge in [0, 0.05) is 27.7 Å². The van der Waals surface area contributed by atoms with Crippen molar-refractivity contribution in [1.82, 2.24) is 9.99 Å². The summed E-state index contributed by atoms with van der Waals surface area (Å²) in [5, 5.41) is 4.76. The minimum atomic E-state index is -4.08. The van der Waals surface area contributed by atoms with E-state index in [0.717, 1.165) is 26.9 Å². The molecule has 0 aliphatic heterocycles. The second-order valence-electron chi connectivity index (χ2n) is 8.66. The predicted molar refractivity (Wildman–Crippen MR) is 155 cm³/mol. The summed E-state index contributed by atoms with van der Waals surface area (Å²) >= 11 is 6.03. The highest BCUT2D eigenvalue weighted by molar-refractivity contribution is 7.92. The van der Waals surface area contributed by atoms with Crippen molar-refractivity contribution >= 4 is 39.4 Å². The number of carbonyl (C=O) groups is 1. The van der Waals surface area contributed by atoms with Crippen molar-refractivity contribution in [2.75, 3.05) is 17.5 Å².